The van der Waals surface area contributed by atoms with E-state index in [0.29, 0.717) is 15.8 Å². The van der Waals surface area contributed by atoms with Crippen molar-refractivity contribution in [1.29, 1.82) is 0 Å². The summed E-state index contributed by atoms with van der Waals surface area (Å²) in [5.41, 5.74) is 0. The number of rotatable bonds is 5. The SMILES string of the molecule is CCCC(Oc1cc(Cl)cc(Cl)c1)C(C)O. The number of benzene rings is 1. The lowest BCUT2D eigenvalue weighted by Gasteiger charge is -2.21. The molecule has 0 bridgehead atoms. The molecule has 1 aromatic rings. The Kier molecular flexibility index (Phi) is 5.39. The number of halogens is 2. The van der Waals surface area contributed by atoms with Crippen LogP contribution >= 0.6 is 23.2 Å². The Hall–Kier alpha value is -0.440. The summed E-state index contributed by atoms with van der Waals surface area (Å²) in [6.07, 6.45) is 1.00. The standard InChI is InChI=1S/C12H16Cl2O2/c1-3-4-12(8(2)15)16-11-6-9(13)5-10(14)7-11/h5-8,12,15H,3-4H2,1-2H3. The van der Waals surface area contributed by atoms with E-state index in [1.807, 2.05) is 6.92 Å². The van der Waals surface area contributed by atoms with Crippen molar-refractivity contribution in [1.82, 2.24) is 0 Å². The molecule has 1 aromatic carbocycles. The Labute approximate surface area is 106 Å². The molecule has 0 fully saturated rings. The average Bonchev–Trinajstić information content (AvgIpc) is 2.15. The fraction of sp³-hybridized carbons (Fsp3) is 0.500. The maximum Gasteiger partial charge on any atom is 0.124 e. The molecular weight excluding hydrogens is 247 g/mol. The van der Waals surface area contributed by atoms with E-state index in [-0.39, 0.29) is 6.10 Å². The van der Waals surface area contributed by atoms with Gasteiger partial charge < -0.3 is 9.84 Å². The topological polar surface area (TPSA) is 29.5 Å². The predicted octanol–water partition coefficient (Wildman–Crippen LogP) is 3.92. The fourth-order valence-electron chi connectivity index (χ4n) is 1.45. The van der Waals surface area contributed by atoms with Crippen LogP contribution in [0.4, 0.5) is 0 Å². The van der Waals surface area contributed by atoms with Crippen molar-refractivity contribution < 1.29 is 9.84 Å². The summed E-state index contributed by atoms with van der Waals surface area (Å²) >= 11 is 11.7. The predicted molar refractivity (Wildman–Crippen MR) is 67.5 cm³/mol. The number of hydrogen-bond acceptors (Lipinski definition) is 2. The molecule has 0 aliphatic rings. The van der Waals surface area contributed by atoms with Crippen molar-refractivity contribution >= 4 is 23.2 Å². The molecule has 4 heteroatoms. The van der Waals surface area contributed by atoms with E-state index in [1.165, 1.54) is 0 Å². The quantitative estimate of drug-likeness (QED) is 0.872. The molecule has 0 radical (unpaired) electrons. The van der Waals surface area contributed by atoms with E-state index in [9.17, 15) is 5.11 Å². The van der Waals surface area contributed by atoms with Crippen LogP contribution in [0.2, 0.25) is 10.0 Å². The zero-order valence-electron chi connectivity index (χ0n) is 9.41. The molecule has 0 saturated carbocycles. The van der Waals surface area contributed by atoms with Gasteiger partial charge in [0, 0.05) is 10.0 Å². The molecule has 2 unspecified atom stereocenters. The highest BCUT2D eigenvalue weighted by Crippen LogP contribution is 2.26. The van der Waals surface area contributed by atoms with Crippen LogP contribution in [0.1, 0.15) is 26.7 Å². The van der Waals surface area contributed by atoms with Crippen molar-refractivity contribution in [3.8, 4) is 5.75 Å². The summed E-state index contributed by atoms with van der Waals surface area (Å²) in [6, 6.07) is 5.03. The van der Waals surface area contributed by atoms with E-state index in [2.05, 4.69) is 0 Å². The Morgan fingerprint density at radius 1 is 1.25 bits per heavy atom. The normalized spacial score (nSPS) is 14.6. The molecular formula is C12H16Cl2O2. The summed E-state index contributed by atoms with van der Waals surface area (Å²) in [4.78, 5) is 0. The van der Waals surface area contributed by atoms with E-state index >= 15 is 0 Å². The van der Waals surface area contributed by atoms with Gasteiger partial charge >= 0.3 is 0 Å². The minimum atomic E-state index is -0.516. The molecule has 0 aromatic heterocycles. The number of hydrogen-bond donors (Lipinski definition) is 1. The molecule has 0 spiro atoms. The first-order valence-corrected chi connectivity index (χ1v) is 6.09. The highest BCUT2D eigenvalue weighted by atomic mass is 35.5. The first-order valence-electron chi connectivity index (χ1n) is 5.33. The second kappa shape index (κ2) is 6.33. The van der Waals surface area contributed by atoms with Crippen LogP contribution in [0.5, 0.6) is 5.75 Å². The molecule has 0 aliphatic heterocycles. The lowest BCUT2D eigenvalue weighted by atomic mass is 10.1. The second-order valence-electron chi connectivity index (χ2n) is 3.79. The zero-order valence-corrected chi connectivity index (χ0v) is 10.9. The van der Waals surface area contributed by atoms with Gasteiger partial charge in [0.05, 0.1) is 6.10 Å². The molecule has 16 heavy (non-hydrogen) atoms. The van der Waals surface area contributed by atoms with Gasteiger partial charge in [0.25, 0.3) is 0 Å². The Bertz CT molecular complexity index is 320. The third-order valence-corrected chi connectivity index (χ3v) is 2.67. The maximum atomic E-state index is 9.55. The van der Waals surface area contributed by atoms with Crippen molar-refractivity contribution in [2.45, 2.75) is 38.9 Å². The monoisotopic (exact) mass is 262 g/mol. The van der Waals surface area contributed by atoms with Crippen LogP contribution in [-0.4, -0.2) is 17.3 Å². The van der Waals surface area contributed by atoms with Gasteiger partial charge in [-0.1, -0.05) is 36.5 Å². The summed E-state index contributed by atoms with van der Waals surface area (Å²) in [5.74, 6) is 0.594. The largest absolute Gasteiger partial charge is 0.488 e. The van der Waals surface area contributed by atoms with E-state index in [1.54, 1.807) is 25.1 Å². The Morgan fingerprint density at radius 3 is 2.25 bits per heavy atom. The van der Waals surface area contributed by atoms with E-state index in [4.69, 9.17) is 27.9 Å². The van der Waals surface area contributed by atoms with Crippen LogP contribution in [0, 0.1) is 0 Å². The molecule has 2 atom stereocenters. The first kappa shape index (κ1) is 13.6. The maximum absolute atomic E-state index is 9.55. The van der Waals surface area contributed by atoms with Crippen LogP contribution in [-0.2, 0) is 0 Å². The second-order valence-corrected chi connectivity index (χ2v) is 4.66. The Balaban J connectivity index is 2.76. The van der Waals surface area contributed by atoms with Crippen molar-refractivity contribution in [2.75, 3.05) is 0 Å². The van der Waals surface area contributed by atoms with Gasteiger partial charge in [0.2, 0.25) is 0 Å². The zero-order chi connectivity index (χ0) is 12.1. The van der Waals surface area contributed by atoms with Crippen LogP contribution in [0.3, 0.4) is 0 Å². The van der Waals surface area contributed by atoms with Gasteiger partial charge in [-0.3, -0.25) is 0 Å². The van der Waals surface area contributed by atoms with Crippen molar-refractivity contribution in [3.05, 3.63) is 28.2 Å². The smallest absolute Gasteiger partial charge is 0.124 e. The van der Waals surface area contributed by atoms with Gasteiger partial charge in [-0.15, -0.1) is 0 Å². The lowest BCUT2D eigenvalue weighted by molar-refractivity contribution is 0.0430. The van der Waals surface area contributed by atoms with Gasteiger partial charge in [-0.05, 0) is 31.5 Å². The van der Waals surface area contributed by atoms with Crippen LogP contribution in [0.15, 0.2) is 18.2 Å². The average molecular weight is 263 g/mol. The third kappa shape index (κ3) is 4.20. The number of aliphatic hydroxyl groups is 1. The molecule has 0 saturated heterocycles. The van der Waals surface area contributed by atoms with Gasteiger partial charge in [-0.2, -0.15) is 0 Å². The third-order valence-electron chi connectivity index (χ3n) is 2.23. The van der Waals surface area contributed by atoms with Gasteiger partial charge in [0.15, 0.2) is 0 Å². The fourth-order valence-corrected chi connectivity index (χ4v) is 1.96. The van der Waals surface area contributed by atoms with E-state index < -0.39 is 6.10 Å². The first-order chi connectivity index (χ1) is 7.52. The van der Waals surface area contributed by atoms with Crippen molar-refractivity contribution in [2.24, 2.45) is 0 Å². The summed E-state index contributed by atoms with van der Waals surface area (Å²) in [6.45, 7) is 3.76. The van der Waals surface area contributed by atoms with Gasteiger partial charge in [0.1, 0.15) is 11.9 Å². The molecule has 0 heterocycles. The summed E-state index contributed by atoms with van der Waals surface area (Å²) in [5, 5.41) is 10.6. The summed E-state index contributed by atoms with van der Waals surface area (Å²) in [7, 11) is 0. The summed E-state index contributed by atoms with van der Waals surface area (Å²) < 4.78 is 5.66. The minimum absolute atomic E-state index is 0.223. The molecule has 1 rings (SSSR count). The van der Waals surface area contributed by atoms with Crippen molar-refractivity contribution in [3.63, 3.8) is 0 Å². The number of aliphatic hydroxyl groups excluding tert-OH is 1. The lowest BCUT2D eigenvalue weighted by Crippen LogP contribution is -2.29. The minimum Gasteiger partial charge on any atom is -0.488 e. The van der Waals surface area contributed by atoms with Gasteiger partial charge in [-0.25, -0.2) is 0 Å². The molecule has 90 valence electrons. The Morgan fingerprint density at radius 2 is 1.81 bits per heavy atom. The highest BCUT2D eigenvalue weighted by Gasteiger charge is 2.16. The van der Waals surface area contributed by atoms with Crippen LogP contribution < -0.4 is 4.74 Å². The molecule has 2 nitrogen and oxygen atoms in total. The molecule has 0 aliphatic carbocycles. The number of ether oxygens (including phenoxy) is 1. The highest BCUT2D eigenvalue weighted by molar-refractivity contribution is 6.34. The van der Waals surface area contributed by atoms with E-state index in [0.717, 1.165) is 12.8 Å². The molecule has 0 amide bonds. The molecule has 1 N–H and O–H groups in total. The van der Waals surface area contributed by atoms with Crippen LogP contribution in [0.25, 0.3) is 0 Å².